The molecule has 0 aromatic rings. The number of azide groups is 1. The van der Waals surface area contributed by atoms with E-state index >= 15 is 0 Å². The Labute approximate surface area is 124 Å². The molecule has 0 heterocycles. The highest BCUT2D eigenvalue weighted by molar-refractivity contribution is 8.00. The lowest BCUT2D eigenvalue weighted by atomic mass is 9.84. The van der Waals surface area contributed by atoms with Crippen LogP contribution in [0.1, 0.15) is 47.5 Å². The second-order valence-electron chi connectivity index (χ2n) is 5.45. The maximum absolute atomic E-state index is 12.2. The van der Waals surface area contributed by atoms with Crippen LogP contribution in [-0.4, -0.2) is 29.0 Å². The number of hydrogen-bond acceptors (Lipinski definition) is 4. The zero-order valence-electron chi connectivity index (χ0n) is 12.8. The third-order valence-electron chi connectivity index (χ3n) is 2.64. The lowest BCUT2D eigenvalue weighted by Crippen LogP contribution is -2.43. The quantitative estimate of drug-likeness (QED) is 0.235. The number of ether oxygens (including phenoxy) is 1. The molecular weight excluding hydrogens is 278 g/mol. The molecule has 0 N–H and O–H groups in total. The van der Waals surface area contributed by atoms with Gasteiger partial charge in [0.25, 0.3) is 0 Å². The molecule has 1 unspecified atom stereocenters. The van der Waals surface area contributed by atoms with E-state index in [4.69, 9.17) is 10.3 Å². The number of rotatable bonds is 7. The van der Waals surface area contributed by atoms with E-state index in [-0.39, 0.29) is 17.1 Å². The highest BCUT2D eigenvalue weighted by Crippen LogP contribution is 2.37. The largest absolute Gasteiger partial charge is 0.465 e. The van der Waals surface area contributed by atoms with Gasteiger partial charge in [-0.25, -0.2) is 0 Å². The van der Waals surface area contributed by atoms with Crippen LogP contribution in [0.5, 0.6) is 0 Å². The maximum Gasteiger partial charge on any atom is 0.320 e. The molecule has 0 radical (unpaired) electrons. The molecule has 0 rings (SSSR count). The summed E-state index contributed by atoms with van der Waals surface area (Å²) in [6, 6.07) is 0. The van der Waals surface area contributed by atoms with Crippen molar-refractivity contribution in [1.82, 2.24) is 0 Å². The standard InChI is InChI=1S/C13H23N3O3S/c1-6-8-13(10(17)15-16-14,11(18)19-7-2)9-20-12(3,4)5/h6-9H2,1-5H3. The lowest BCUT2D eigenvalue weighted by Gasteiger charge is -2.30. The summed E-state index contributed by atoms with van der Waals surface area (Å²) >= 11 is 1.48. The summed E-state index contributed by atoms with van der Waals surface area (Å²) in [5, 5.41) is 3.15. The number of thioether (sulfide) groups is 1. The van der Waals surface area contributed by atoms with Crippen molar-refractivity contribution in [2.24, 2.45) is 10.5 Å². The molecule has 7 heteroatoms. The average molecular weight is 301 g/mol. The van der Waals surface area contributed by atoms with E-state index in [1.165, 1.54) is 11.8 Å². The van der Waals surface area contributed by atoms with Crippen LogP contribution in [0.3, 0.4) is 0 Å². The number of nitrogens with zero attached hydrogens (tertiary/aromatic N) is 3. The van der Waals surface area contributed by atoms with Crippen LogP contribution in [0.25, 0.3) is 10.4 Å². The maximum atomic E-state index is 12.2. The van der Waals surface area contributed by atoms with Crippen molar-refractivity contribution in [3.8, 4) is 0 Å². The van der Waals surface area contributed by atoms with Crippen LogP contribution in [0.4, 0.5) is 0 Å². The zero-order chi connectivity index (χ0) is 15.8. The molecule has 0 saturated heterocycles. The topological polar surface area (TPSA) is 92.1 Å². The van der Waals surface area contributed by atoms with Crippen molar-refractivity contribution in [2.45, 2.75) is 52.2 Å². The predicted molar refractivity (Wildman–Crippen MR) is 80.3 cm³/mol. The van der Waals surface area contributed by atoms with E-state index in [9.17, 15) is 9.59 Å². The van der Waals surface area contributed by atoms with E-state index in [0.29, 0.717) is 12.8 Å². The van der Waals surface area contributed by atoms with Gasteiger partial charge in [-0.2, -0.15) is 11.8 Å². The van der Waals surface area contributed by atoms with Gasteiger partial charge < -0.3 is 4.74 Å². The summed E-state index contributed by atoms with van der Waals surface area (Å²) in [5.74, 6) is -1.10. The first-order valence-corrected chi connectivity index (χ1v) is 7.62. The third-order valence-corrected chi connectivity index (χ3v) is 4.14. The molecular formula is C13H23N3O3S. The first-order valence-electron chi connectivity index (χ1n) is 6.64. The van der Waals surface area contributed by atoms with Crippen LogP contribution in [0, 0.1) is 5.41 Å². The molecule has 0 aliphatic heterocycles. The Hall–Kier alpha value is -1.20. The van der Waals surface area contributed by atoms with Gasteiger partial charge in [0.2, 0.25) is 5.91 Å². The molecule has 6 nitrogen and oxygen atoms in total. The van der Waals surface area contributed by atoms with Crippen molar-refractivity contribution in [3.05, 3.63) is 10.4 Å². The van der Waals surface area contributed by atoms with Gasteiger partial charge in [0.05, 0.1) is 6.61 Å². The van der Waals surface area contributed by atoms with Crippen LogP contribution < -0.4 is 0 Å². The van der Waals surface area contributed by atoms with Crippen LogP contribution in [-0.2, 0) is 14.3 Å². The van der Waals surface area contributed by atoms with Crippen molar-refractivity contribution in [2.75, 3.05) is 12.4 Å². The number of carbonyl (C=O) groups is 2. The molecule has 0 aromatic heterocycles. The predicted octanol–water partition coefficient (Wildman–Crippen LogP) is 3.70. The highest BCUT2D eigenvalue weighted by atomic mass is 32.2. The van der Waals surface area contributed by atoms with E-state index in [1.54, 1.807) is 6.92 Å². The number of carbonyl (C=O) groups excluding carboxylic acids is 2. The second-order valence-corrected chi connectivity index (χ2v) is 7.25. The number of hydrogen-bond donors (Lipinski definition) is 0. The minimum Gasteiger partial charge on any atom is -0.465 e. The van der Waals surface area contributed by atoms with Gasteiger partial charge in [0, 0.05) is 15.4 Å². The molecule has 114 valence electrons. The summed E-state index contributed by atoms with van der Waals surface area (Å²) in [6.07, 6.45) is 0.934. The van der Waals surface area contributed by atoms with E-state index in [0.717, 1.165) is 0 Å². The van der Waals surface area contributed by atoms with Gasteiger partial charge >= 0.3 is 5.97 Å². The molecule has 0 aliphatic carbocycles. The highest BCUT2D eigenvalue weighted by Gasteiger charge is 2.46. The average Bonchev–Trinajstić information content (AvgIpc) is 2.33. The van der Waals surface area contributed by atoms with Crippen molar-refractivity contribution < 1.29 is 14.3 Å². The molecule has 1 amide bonds. The van der Waals surface area contributed by atoms with E-state index in [2.05, 4.69) is 10.0 Å². The molecule has 20 heavy (non-hydrogen) atoms. The van der Waals surface area contributed by atoms with Gasteiger partial charge in [-0.15, -0.1) is 0 Å². The van der Waals surface area contributed by atoms with Gasteiger partial charge in [0.15, 0.2) is 0 Å². The van der Waals surface area contributed by atoms with Gasteiger partial charge in [-0.3, -0.25) is 9.59 Å². The summed E-state index contributed by atoms with van der Waals surface area (Å²) in [4.78, 5) is 26.9. The van der Waals surface area contributed by atoms with Crippen molar-refractivity contribution >= 4 is 23.6 Å². The Morgan fingerprint density at radius 3 is 2.30 bits per heavy atom. The first kappa shape index (κ1) is 18.8. The fraction of sp³-hybridized carbons (Fsp3) is 0.846. The minimum atomic E-state index is -1.38. The molecule has 0 spiro atoms. The molecule has 0 fully saturated rings. The summed E-state index contributed by atoms with van der Waals surface area (Å²) in [5.41, 5.74) is 7.11. The number of amides is 1. The Bertz CT molecular complexity index is 400. The molecule has 0 bridgehead atoms. The molecule has 0 saturated carbocycles. The first-order chi connectivity index (χ1) is 9.23. The summed E-state index contributed by atoms with van der Waals surface area (Å²) in [7, 11) is 0. The van der Waals surface area contributed by atoms with Crippen molar-refractivity contribution in [3.63, 3.8) is 0 Å². The van der Waals surface area contributed by atoms with E-state index < -0.39 is 17.3 Å². The van der Waals surface area contributed by atoms with Crippen LogP contribution >= 0.6 is 11.8 Å². The van der Waals surface area contributed by atoms with Crippen LogP contribution in [0.2, 0.25) is 0 Å². The molecule has 1 atom stereocenters. The fourth-order valence-corrected chi connectivity index (χ4v) is 2.73. The zero-order valence-corrected chi connectivity index (χ0v) is 13.6. The molecule has 0 aromatic carbocycles. The Morgan fingerprint density at radius 2 is 1.90 bits per heavy atom. The Kier molecular flexibility index (Phi) is 7.68. The number of esters is 1. The van der Waals surface area contributed by atoms with Crippen molar-refractivity contribution in [1.29, 1.82) is 0 Å². The minimum absolute atomic E-state index is 0.109. The summed E-state index contributed by atoms with van der Waals surface area (Å²) < 4.78 is 4.93. The van der Waals surface area contributed by atoms with Gasteiger partial charge in [0.1, 0.15) is 5.41 Å². The molecule has 0 aliphatic rings. The van der Waals surface area contributed by atoms with Gasteiger partial charge in [-0.1, -0.05) is 34.1 Å². The second kappa shape index (κ2) is 8.17. The third kappa shape index (κ3) is 5.43. The Balaban J connectivity index is 5.48. The monoisotopic (exact) mass is 301 g/mol. The normalized spacial score (nSPS) is 14.1. The smallest absolute Gasteiger partial charge is 0.320 e. The fourth-order valence-electron chi connectivity index (χ4n) is 1.66. The van der Waals surface area contributed by atoms with Crippen LogP contribution in [0.15, 0.2) is 5.11 Å². The van der Waals surface area contributed by atoms with E-state index in [1.807, 2.05) is 27.7 Å². The summed E-state index contributed by atoms with van der Waals surface area (Å²) in [6.45, 7) is 9.74. The lowest BCUT2D eigenvalue weighted by molar-refractivity contribution is -0.158. The SMILES string of the molecule is CCCC(CSC(C)(C)C)(C(=O)N=[N+]=[N-])C(=O)OCC. The Morgan fingerprint density at radius 1 is 1.30 bits per heavy atom. The van der Waals surface area contributed by atoms with Gasteiger partial charge in [-0.05, 0) is 24.0 Å².